The summed E-state index contributed by atoms with van der Waals surface area (Å²) >= 11 is 0. The van der Waals surface area contributed by atoms with E-state index in [9.17, 15) is 4.79 Å². The summed E-state index contributed by atoms with van der Waals surface area (Å²) in [6.07, 6.45) is 3.49. The number of hydrogen-bond acceptors (Lipinski definition) is 3. The molecule has 1 atom stereocenters. The number of carbonyl (C=O) groups excluding carboxylic acids is 1. The van der Waals surface area contributed by atoms with Gasteiger partial charge < -0.3 is 14.5 Å². The molecular formula is C22H26N2O2. The highest BCUT2D eigenvalue weighted by Gasteiger charge is 2.17. The second-order valence-corrected chi connectivity index (χ2v) is 6.56. The van der Waals surface area contributed by atoms with Gasteiger partial charge in [-0.1, -0.05) is 42.5 Å². The van der Waals surface area contributed by atoms with Crippen LogP contribution in [0.3, 0.4) is 0 Å². The third-order valence-corrected chi connectivity index (χ3v) is 4.88. The number of amides is 1. The number of likely N-dealkylation sites (N-methyl/N-ethyl adjacent to an activating group) is 1. The molecule has 0 N–H and O–H groups in total. The Bertz CT molecular complexity index is 752. The van der Waals surface area contributed by atoms with E-state index in [1.807, 2.05) is 43.5 Å². The molecule has 0 spiro atoms. The van der Waals surface area contributed by atoms with E-state index in [0.717, 1.165) is 37.4 Å². The number of rotatable bonds is 5. The minimum Gasteiger partial charge on any atom is -0.378 e. The predicted octanol–water partition coefficient (Wildman–Crippen LogP) is 3.76. The largest absolute Gasteiger partial charge is 0.378 e. The van der Waals surface area contributed by atoms with Crippen molar-refractivity contribution in [3.8, 4) is 0 Å². The zero-order chi connectivity index (χ0) is 18.4. The van der Waals surface area contributed by atoms with Gasteiger partial charge in [0.05, 0.1) is 19.3 Å². The average Bonchev–Trinajstić information content (AvgIpc) is 2.72. The van der Waals surface area contributed by atoms with E-state index in [1.54, 1.807) is 11.0 Å². The number of morpholine rings is 1. The number of nitrogens with zero attached hydrogens (tertiary/aromatic N) is 2. The fourth-order valence-corrected chi connectivity index (χ4v) is 3.07. The molecule has 1 fully saturated rings. The van der Waals surface area contributed by atoms with Crippen molar-refractivity contribution in [2.45, 2.75) is 13.0 Å². The van der Waals surface area contributed by atoms with Crippen molar-refractivity contribution in [3.63, 3.8) is 0 Å². The van der Waals surface area contributed by atoms with Crippen LogP contribution in [0.5, 0.6) is 0 Å². The third kappa shape index (κ3) is 4.52. The van der Waals surface area contributed by atoms with Crippen LogP contribution in [0.25, 0.3) is 6.08 Å². The zero-order valence-electron chi connectivity index (χ0n) is 15.5. The van der Waals surface area contributed by atoms with Gasteiger partial charge in [0, 0.05) is 31.9 Å². The molecule has 4 heteroatoms. The van der Waals surface area contributed by atoms with Gasteiger partial charge in [-0.2, -0.15) is 0 Å². The maximum Gasteiger partial charge on any atom is 0.246 e. The number of benzene rings is 2. The first-order valence-corrected chi connectivity index (χ1v) is 9.08. The fraction of sp³-hybridized carbons (Fsp3) is 0.318. The lowest BCUT2D eigenvalue weighted by Crippen LogP contribution is -2.36. The Balaban J connectivity index is 1.68. The van der Waals surface area contributed by atoms with Crippen LogP contribution in [0.4, 0.5) is 5.69 Å². The molecule has 1 amide bonds. The van der Waals surface area contributed by atoms with Gasteiger partial charge >= 0.3 is 0 Å². The van der Waals surface area contributed by atoms with Crippen molar-refractivity contribution >= 4 is 17.7 Å². The number of ether oxygens (including phenoxy) is 1. The van der Waals surface area contributed by atoms with Gasteiger partial charge in [0.2, 0.25) is 5.91 Å². The molecular weight excluding hydrogens is 324 g/mol. The van der Waals surface area contributed by atoms with Crippen LogP contribution in [-0.2, 0) is 9.53 Å². The molecule has 0 aliphatic carbocycles. The average molecular weight is 350 g/mol. The molecule has 0 aromatic heterocycles. The predicted molar refractivity (Wildman–Crippen MR) is 106 cm³/mol. The molecule has 1 heterocycles. The summed E-state index contributed by atoms with van der Waals surface area (Å²) < 4.78 is 5.43. The first-order chi connectivity index (χ1) is 12.6. The molecule has 1 aliphatic rings. The van der Waals surface area contributed by atoms with Crippen LogP contribution < -0.4 is 4.90 Å². The highest BCUT2D eigenvalue weighted by atomic mass is 16.5. The van der Waals surface area contributed by atoms with E-state index < -0.39 is 0 Å². The molecule has 1 aliphatic heterocycles. The summed E-state index contributed by atoms with van der Waals surface area (Å²) in [7, 11) is 1.85. The Hall–Kier alpha value is -2.59. The van der Waals surface area contributed by atoms with Gasteiger partial charge in [-0.25, -0.2) is 0 Å². The lowest BCUT2D eigenvalue weighted by molar-refractivity contribution is -0.126. The van der Waals surface area contributed by atoms with Crippen molar-refractivity contribution < 1.29 is 9.53 Å². The lowest BCUT2D eigenvalue weighted by atomic mass is 10.1. The number of anilines is 1. The van der Waals surface area contributed by atoms with Gasteiger partial charge in [-0.15, -0.1) is 0 Å². The monoisotopic (exact) mass is 350 g/mol. The van der Waals surface area contributed by atoms with Crippen LogP contribution in [-0.4, -0.2) is 44.2 Å². The molecule has 1 saturated heterocycles. The van der Waals surface area contributed by atoms with E-state index in [0.29, 0.717) is 0 Å². The van der Waals surface area contributed by atoms with Gasteiger partial charge in [0.25, 0.3) is 0 Å². The molecule has 4 nitrogen and oxygen atoms in total. The summed E-state index contributed by atoms with van der Waals surface area (Å²) in [6, 6.07) is 18.3. The van der Waals surface area contributed by atoms with Crippen LogP contribution in [0.15, 0.2) is 60.7 Å². The number of hydrogen-bond donors (Lipinski definition) is 0. The van der Waals surface area contributed by atoms with Crippen LogP contribution in [0, 0.1) is 0 Å². The van der Waals surface area contributed by atoms with Crippen LogP contribution in [0.1, 0.15) is 24.1 Å². The molecule has 0 bridgehead atoms. The lowest BCUT2D eigenvalue weighted by Gasteiger charge is -2.30. The Labute approximate surface area is 155 Å². The first kappa shape index (κ1) is 18.2. The quantitative estimate of drug-likeness (QED) is 0.770. The molecule has 136 valence electrons. The number of carbonyl (C=O) groups is 1. The molecule has 2 aromatic carbocycles. The highest BCUT2D eigenvalue weighted by molar-refractivity contribution is 5.91. The summed E-state index contributed by atoms with van der Waals surface area (Å²) in [5, 5.41) is 0. The summed E-state index contributed by atoms with van der Waals surface area (Å²) in [6.45, 7) is 5.41. The maximum atomic E-state index is 12.5. The standard InChI is InChI=1S/C22H26N2O2/c1-18(23(2)22(25)12-11-19-7-4-3-5-8-19)20-9-6-10-21(17-20)24-13-15-26-16-14-24/h3-12,17-18H,13-16H2,1-2H3/b12-11+/t18-/m0/s1. The van der Waals surface area contributed by atoms with E-state index in [1.165, 1.54) is 5.69 Å². The van der Waals surface area contributed by atoms with E-state index in [2.05, 4.69) is 36.1 Å². The maximum absolute atomic E-state index is 12.5. The molecule has 0 saturated carbocycles. The SMILES string of the molecule is C[C@@H](c1cccc(N2CCOCC2)c1)N(C)C(=O)/C=C/c1ccccc1. The molecule has 0 unspecified atom stereocenters. The van der Waals surface area contributed by atoms with E-state index >= 15 is 0 Å². The van der Waals surface area contributed by atoms with Crippen molar-refractivity contribution in [1.29, 1.82) is 0 Å². The molecule has 3 rings (SSSR count). The van der Waals surface area contributed by atoms with Crippen molar-refractivity contribution in [2.24, 2.45) is 0 Å². The second-order valence-electron chi connectivity index (χ2n) is 6.56. The van der Waals surface area contributed by atoms with Crippen molar-refractivity contribution in [1.82, 2.24) is 4.90 Å². The van der Waals surface area contributed by atoms with Crippen molar-refractivity contribution in [2.75, 3.05) is 38.3 Å². The molecule has 26 heavy (non-hydrogen) atoms. The van der Waals surface area contributed by atoms with Crippen LogP contribution in [0.2, 0.25) is 0 Å². The minimum atomic E-state index is -0.00173. The Morgan fingerprint density at radius 3 is 2.58 bits per heavy atom. The fourth-order valence-electron chi connectivity index (χ4n) is 3.07. The van der Waals surface area contributed by atoms with Gasteiger partial charge in [-0.3, -0.25) is 4.79 Å². The summed E-state index contributed by atoms with van der Waals surface area (Å²) in [5.74, 6) is -0.00173. The second kappa shape index (κ2) is 8.68. The Kier molecular flexibility index (Phi) is 6.08. The Morgan fingerprint density at radius 1 is 1.12 bits per heavy atom. The summed E-state index contributed by atoms with van der Waals surface area (Å²) in [4.78, 5) is 16.6. The topological polar surface area (TPSA) is 32.8 Å². The highest BCUT2D eigenvalue weighted by Crippen LogP contribution is 2.25. The first-order valence-electron chi connectivity index (χ1n) is 9.08. The minimum absolute atomic E-state index is 0.00173. The molecule has 2 aromatic rings. The van der Waals surface area contributed by atoms with E-state index in [-0.39, 0.29) is 11.9 Å². The Morgan fingerprint density at radius 2 is 1.85 bits per heavy atom. The molecule has 0 radical (unpaired) electrons. The smallest absolute Gasteiger partial charge is 0.246 e. The van der Waals surface area contributed by atoms with Crippen molar-refractivity contribution in [3.05, 3.63) is 71.8 Å². The summed E-state index contributed by atoms with van der Waals surface area (Å²) in [5.41, 5.74) is 3.35. The van der Waals surface area contributed by atoms with E-state index in [4.69, 9.17) is 4.74 Å². The third-order valence-electron chi connectivity index (χ3n) is 4.88. The van der Waals surface area contributed by atoms with Gasteiger partial charge in [0.15, 0.2) is 0 Å². The van der Waals surface area contributed by atoms with Gasteiger partial charge in [-0.05, 0) is 36.3 Å². The zero-order valence-corrected chi connectivity index (χ0v) is 15.5. The van der Waals surface area contributed by atoms with Gasteiger partial charge in [0.1, 0.15) is 0 Å². The normalized spacial score (nSPS) is 15.8. The van der Waals surface area contributed by atoms with Crippen LogP contribution >= 0.6 is 0 Å².